The average molecular weight is 562 g/mol. The molecule has 36 heavy (non-hydrogen) atoms. The number of nitrogens with zero attached hydrogens (tertiary/aromatic N) is 2. The molecule has 0 aliphatic carbocycles. The van der Waals surface area contributed by atoms with Gasteiger partial charge in [-0.3, -0.25) is 10.0 Å². The average Bonchev–Trinajstić information content (AvgIpc) is 3.23. The number of fused-ring (bicyclic) bond motifs is 1. The van der Waals surface area contributed by atoms with E-state index >= 15 is 0 Å². The van der Waals surface area contributed by atoms with Crippen LogP contribution in [0.5, 0.6) is 5.75 Å². The highest BCUT2D eigenvalue weighted by Crippen LogP contribution is 2.38. The number of benzene rings is 2. The number of carbonyl (C=O) groups excluding carboxylic acids is 1. The molecule has 2 aromatic carbocycles. The maximum atomic E-state index is 13.3. The first-order valence-electron chi connectivity index (χ1n) is 10.6. The molecule has 0 spiro atoms. The summed E-state index contributed by atoms with van der Waals surface area (Å²) in [6, 6.07) is 7.84. The van der Waals surface area contributed by atoms with Crippen molar-refractivity contribution in [1.29, 1.82) is 0 Å². The summed E-state index contributed by atoms with van der Waals surface area (Å²) in [5, 5.41) is 9.62. The summed E-state index contributed by atoms with van der Waals surface area (Å²) < 4.78 is 72.0. The molecule has 194 valence electrons. The minimum absolute atomic E-state index is 0.0108. The first-order valence-corrected chi connectivity index (χ1v) is 13.9. The zero-order chi connectivity index (χ0) is 26.3. The van der Waals surface area contributed by atoms with Gasteiger partial charge in [0, 0.05) is 17.0 Å². The van der Waals surface area contributed by atoms with Gasteiger partial charge in [0.25, 0.3) is 5.91 Å². The lowest BCUT2D eigenvalue weighted by atomic mass is 10.0. The van der Waals surface area contributed by atoms with Crippen molar-refractivity contribution in [2.45, 2.75) is 42.3 Å². The predicted molar refractivity (Wildman–Crippen MR) is 130 cm³/mol. The van der Waals surface area contributed by atoms with Crippen molar-refractivity contribution >= 4 is 49.2 Å². The van der Waals surface area contributed by atoms with Crippen molar-refractivity contribution in [3.8, 4) is 5.75 Å². The van der Waals surface area contributed by atoms with Crippen molar-refractivity contribution in [3.63, 3.8) is 0 Å². The highest BCUT2D eigenvalue weighted by Gasteiger charge is 2.48. The Morgan fingerprint density at radius 1 is 1.25 bits per heavy atom. The number of thiazole rings is 1. The molecule has 2 N–H and O–H groups in total. The van der Waals surface area contributed by atoms with E-state index in [1.54, 1.807) is 19.3 Å². The number of thioether (sulfide) groups is 1. The number of amides is 1. The molecular weight excluding hydrogens is 539 g/mol. The van der Waals surface area contributed by atoms with Crippen LogP contribution in [0.15, 0.2) is 47.4 Å². The third-order valence-corrected chi connectivity index (χ3v) is 9.89. The highest BCUT2D eigenvalue weighted by molar-refractivity contribution is 8.01. The van der Waals surface area contributed by atoms with Crippen molar-refractivity contribution in [3.05, 3.63) is 53.0 Å². The Morgan fingerprint density at radius 2 is 1.94 bits per heavy atom. The van der Waals surface area contributed by atoms with Gasteiger partial charge in [0.1, 0.15) is 23.4 Å². The molecule has 3 aromatic rings. The summed E-state index contributed by atoms with van der Waals surface area (Å²) in [7, 11) is -4.06. The molecule has 1 aromatic heterocycles. The van der Waals surface area contributed by atoms with Crippen LogP contribution in [-0.4, -0.2) is 51.9 Å². The van der Waals surface area contributed by atoms with Gasteiger partial charge in [0.15, 0.2) is 0 Å². The fourth-order valence-corrected chi connectivity index (χ4v) is 7.89. The van der Waals surface area contributed by atoms with E-state index in [1.165, 1.54) is 53.4 Å². The number of hydroxylamine groups is 1. The number of alkyl halides is 3. The van der Waals surface area contributed by atoms with Crippen LogP contribution < -0.4 is 10.2 Å². The van der Waals surface area contributed by atoms with Gasteiger partial charge >= 0.3 is 6.18 Å². The van der Waals surface area contributed by atoms with Crippen LogP contribution in [0.3, 0.4) is 0 Å². The number of hydrogen-bond donors (Lipinski definition) is 2. The Bertz CT molecular complexity index is 1380. The zero-order valence-electron chi connectivity index (χ0n) is 19.1. The summed E-state index contributed by atoms with van der Waals surface area (Å²) in [5.74, 6) is 0.00668. The SMILES string of the molecule is CC1(C)SCCN(S(=O)(=O)c2ccc(OCc3nc4cc(C(F)(F)F)ccc4s3)cc2)[C@H]1C(=O)NO. The first kappa shape index (κ1) is 26.7. The molecule has 0 unspecified atom stereocenters. The highest BCUT2D eigenvalue weighted by atomic mass is 32.2. The number of halogens is 3. The third kappa shape index (κ3) is 5.32. The maximum Gasteiger partial charge on any atom is 0.416 e. The summed E-state index contributed by atoms with van der Waals surface area (Å²) in [4.78, 5) is 16.5. The zero-order valence-corrected chi connectivity index (χ0v) is 21.5. The van der Waals surface area contributed by atoms with Gasteiger partial charge < -0.3 is 4.74 Å². The Hall–Kier alpha value is -2.39. The fraction of sp³-hybridized carbons (Fsp3) is 0.364. The molecule has 0 saturated carbocycles. The number of ether oxygens (including phenoxy) is 1. The minimum atomic E-state index is -4.46. The van der Waals surface area contributed by atoms with Gasteiger partial charge in [0.2, 0.25) is 10.0 Å². The molecular formula is C22H22F3N3O5S3. The van der Waals surface area contributed by atoms with Gasteiger partial charge in [-0.2, -0.15) is 29.2 Å². The number of aromatic nitrogens is 1. The standard InChI is InChI=1S/C22H22F3N3O5S3/c1-21(2)19(20(29)27-30)28(9-10-34-21)36(31,32)15-6-4-14(5-7-15)33-12-18-26-16-11-13(22(23,24)25)3-8-17(16)35-18/h3-8,11,19,30H,9-10,12H2,1-2H3,(H,27,29)/t19-/m0/s1. The number of hydrogen-bond acceptors (Lipinski definition) is 8. The van der Waals surface area contributed by atoms with Gasteiger partial charge in [-0.1, -0.05) is 0 Å². The Labute approximate surface area is 213 Å². The smallest absolute Gasteiger partial charge is 0.416 e. The molecule has 1 fully saturated rings. The van der Waals surface area contributed by atoms with E-state index in [-0.39, 0.29) is 23.6 Å². The van der Waals surface area contributed by atoms with Gasteiger partial charge in [-0.25, -0.2) is 18.9 Å². The molecule has 0 bridgehead atoms. The van der Waals surface area contributed by atoms with Crippen LogP contribution in [-0.2, 0) is 27.6 Å². The molecule has 1 aliphatic rings. The first-order chi connectivity index (χ1) is 16.8. The number of carbonyl (C=O) groups is 1. The third-order valence-electron chi connectivity index (χ3n) is 5.64. The van der Waals surface area contributed by atoms with Crippen LogP contribution in [0.25, 0.3) is 10.2 Å². The van der Waals surface area contributed by atoms with E-state index in [2.05, 4.69) is 4.98 Å². The predicted octanol–water partition coefficient (Wildman–Crippen LogP) is 4.28. The normalized spacial score (nSPS) is 18.8. The Morgan fingerprint density at radius 3 is 2.58 bits per heavy atom. The molecule has 4 rings (SSSR count). The molecule has 1 aliphatic heterocycles. The van der Waals surface area contributed by atoms with Gasteiger partial charge in [-0.15, -0.1) is 11.3 Å². The van der Waals surface area contributed by atoms with Gasteiger partial charge in [-0.05, 0) is 56.3 Å². The van der Waals surface area contributed by atoms with Crippen molar-refractivity contribution < 1.29 is 36.3 Å². The maximum absolute atomic E-state index is 13.3. The molecule has 14 heteroatoms. The summed E-state index contributed by atoms with van der Waals surface area (Å²) in [6.07, 6.45) is -4.46. The second kappa shape index (κ2) is 9.82. The van der Waals surface area contributed by atoms with Crippen LogP contribution in [0.2, 0.25) is 0 Å². The Balaban J connectivity index is 1.49. The molecule has 2 heterocycles. The number of rotatable bonds is 6. The van der Waals surface area contributed by atoms with Crippen LogP contribution >= 0.6 is 23.1 Å². The molecule has 1 saturated heterocycles. The number of nitrogens with one attached hydrogen (secondary N) is 1. The van der Waals surface area contributed by atoms with Crippen LogP contribution in [0.1, 0.15) is 24.4 Å². The summed E-state index contributed by atoms with van der Waals surface area (Å²) in [6.45, 7) is 3.56. The van der Waals surface area contributed by atoms with Crippen molar-refractivity contribution in [2.24, 2.45) is 0 Å². The van der Waals surface area contributed by atoms with E-state index in [0.29, 0.717) is 21.2 Å². The quantitative estimate of drug-likeness (QED) is 0.342. The van der Waals surface area contributed by atoms with Crippen molar-refractivity contribution in [2.75, 3.05) is 12.3 Å². The van der Waals surface area contributed by atoms with E-state index in [0.717, 1.165) is 16.4 Å². The molecule has 1 amide bonds. The topological polar surface area (TPSA) is 109 Å². The summed E-state index contributed by atoms with van der Waals surface area (Å²) >= 11 is 2.64. The Kier molecular flexibility index (Phi) is 7.27. The van der Waals surface area contributed by atoms with Crippen LogP contribution in [0, 0.1) is 0 Å². The van der Waals surface area contributed by atoms with Crippen molar-refractivity contribution in [1.82, 2.24) is 14.8 Å². The molecule has 1 atom stereocenters. The monoisotopic (exact) mass is 561 g/mol. The van der Waals surface area contributed by atoms with E-state index < -0.39 is 38.5 Å². The summed E-state index contributed by atoms with van der Waals surface area (Å²) in [5.41, 5.74) is 1.01. The minimum Gasteiger partial charge on any atom is -0.486 e. The second-order valence-corrected chi connectivity index (χ2v) is 13.2. The molecule has 8 nitrogen and oxygen atoms in total. The van der Waals surface area contributed by atoms with Gasteiger partial charge in [0.05, 0.1) is 20.7 Å². The second-order valence-electron chi connectivity index (χ2n) is 8.49. The lowest BCUT2D eigenvalue weighted by Gasteiger charge is -2.43. The fourth-order valence-electron chi connectivity index (χ4n) is 3.92. The van der Waals surface area contributed by atoms with Crippen LogP contribution in [0.4, 0.5) is 13.2 Å². The molecule has 0 radical (unpaired) electrons. The lowest BCUT2D eigenvalue weighted by Crippen LogP contribution is -2.61. The largest absolute Gasteiger partial charge is 0.486 e. The number of sulfonamides is 1. The van der Waals surface area contributed by atoms with E-state index in [4.69, 9.17) is 9.94 Å². The van der Waals surface area contributed by atoms with E-state index in [9.17, 15) is 26.4 Å². The van der Waals surface area contributed by atoms with E-state index in [1.807, 2.05) is 0 Å². The lowest BCUT2D eigenvalue weighted by molar-refractivity contribution is -0.137.